The number of furan rings is 1. The Morgan fingerprint density at radius 3 is 3.17 bits per heavy atom. The first-order valence-corrected chi connectivity index (χ1v) is 4.18. The van der Waals surface area contributed by atoms with Crippen molar-refractivity contribution in [2.24, 2.45) is 0 Å². The molecule has 0 fully saturated rings. The van der Waals surface area contributed by atoms with Crippen molar-refractivity contribution in [2.45, 2.75) is 0 Å². The first kappa shape index (κ1) is 7.61. The Morgan fingerprint density at radius 1 is 1.58 bits per heavy atom. The van der Waals surface area contributed by atoms with Gasteiger partial charge in [0.25, 0.3) is 0 Å². The molecule has 0 saturated heterocycles. The van der Waals surface area contributed by atoms with Gasteiger partial charge in [-0.1, -0.05) is 0 Å². The molecule has 0 aliphatic heterocycles. The molecule has 2 rings (SSSR count). The molecule has 0 saturated carbocycles. The van der Waals surface area contributed by atoms with Gasteiger partial charge in [0.05, 0.1) is 13.4 Å². The van der Waals surface area contributed by atoms with Crippen LogP contribution in [0.15, 0.2) is 27.5 Å². The maximum absolute atomic E-state index is 5.23. The van der Waals surface area contributed by atoms with Crippen LogP contribution in [0.25, 0.3) is 11.0 Å². The number of nitrogens with zero attached hydrogens (tertiary/aromatic N) is 1. The second-order valence-corrected chi connectivity index (χ2v) is 3.04. The summed E-state index contributed by atoms with van der Waals surface area (Å²) < 4.78 is 11.0. The van der Waals surface area contributed by atoms with E-state index in [1.807, 2.05) is 6.07 Å². The number of halogens is 1. The van der Waals surface area contributed by atoms with E-state index in [0.717, 1.165) is 11.0 Å². The molecule has 0 unspecified atom stereocenters. The Bertz CT molecular complexity index is 410. The average Bonchev–Trinajstić information content (AvgIpc) is 2.52. The molecule has 0 amide bonds. The van der Waals surface area contributed by atoms with E-state index in [4.69, 9.17) is 9.15 Å². The van der Waals surface area contributed by atoms with Gasteiger partial charge in [-0.3, -0.25) is 0 Å². The highest BCUT2D eigenvalue weighted by molar-refractivity contribution is 9.10. The second kappa shape index (κ2) is 2.79. The van der Waals surface area contributed by atoms with Gasteiger partial charge in [0.1, 0.15) is 0 Å². The lowest BCUT2D eigenvalue weighted by atomic mass is 10.3. The summed E-state index contributed by atoms with van der Waals surface area (Å²) in [5, 5.41) is 0.940. The molecule has 2 heterocycles. The molecule has 0 bridgehead atoms. The number of methoxy groups -OCH3 is 1. The van der Waals surface area contributed by atoms with Crippen molar-refractivity contribution in [1.29, 1.82) is 0 Å². The quantitative estimate of drug-likeness (QED) is 0.703. The van der Waals surface area contributed by atoms with Gasteiger partial charge in [-0.25, -0.2) is 4.98 Å². The Labute approximate surface area is 77.5 Å². The zero-order chi connectivity index (χ0) is 8.55. The van der Waals surface area contributed by atoms with E-state index in [-0.39, 0.29) is 0 Å². The highest BCUT2D eigenvalue weighted by Crippen LogP contribution is 2.31. The monoisotopic (exact) mass is 227 g/mol. The first-order valence-electron chi connectivity index (χ1n) is 3.38. The third kappa shape index (κ3) is 0.992. The van der Waals surface area contributed by atoms with E-state index in [1.54, 1.807) is 19.6 Å². The Balaban J connectivity index is 2.83. The molecule has 0 spiro atoms. The molecule has 12 heavy (non-hydrogen) atoms. The summed E-state index contributed by atoms with van der Waals surface area (Å²) in [5.41, 5.74) is 0.722. The normalized spacial score (nSPS) is 10.5. The standard InChI is InChI=1S/C8H6BrNO2/c1-11-7-6-5(2-3-12-6)4-10-8(7)9/h2-4H,1H3. The molecule has 0 aliphatic carbocycles. The van der Waals surface area contributed by atoms with Gasteiger partial charge in [0.2, 0.25) is 0 Å². The van der Waals surface area contributed by atoms with Crippen LogP contribution in [0.5, 0.6) is 5.75 Å². The number of hydrogen-bond donors (Lipinski definition) is 0. The van der Waals surface area contributed by atoms with Crippen molar-refractivity contribution in [3.05, 3.63) is 23.1 Å². The predicted octanol–water partition coefficient (Wildman–Crippen LogP) is 2.60. The Kier molecular flexibility index (Phi) is 1.77. The fraction of sp³-hybridized carbons (Fsp3) is 0.125. The van der Waals surface area contributed by atoms with Gasteiger partial charge < -0.3 is 9.15 Å². The van der Waals surface area contributed by atoms with Crippen LogP contribution in [0.2, 0.25) is 0 Å². The minimum atomic E-state index is 0.637. The lowest BCUT2D eigenvalue weighted by molar-refractivity contribution is 0.405. The molecule has 62 valence electrons. The second-order valence-electron chi connectivity index (χ2n) is 2.29. The van der Waals surface area contributed by atoms with Crippen molar-refractivity contribution in [2.75, 3.05) is 7.11 Å². The number of ether oxygens (including phenoxy) is 1. The minimum absolute atomic E-state index is 0.637. The van der Waals surface area contributed by atoms with Crippen molar-refractivity contribution in [3.8, 4) is 5.75 Å². The van der Waals surface area contributed by atoms with Gasteiger partial charge in [-0.05, 0) is 22.0 Å². The fourth-order valence-electron chi connectivity index (χ4n) is 1.06. The van der Waals surface area contributed by atoms with Crippen LogP contribution >= 0.6 is 15.9 Å². The molecular formula is C8H6BrNO2. The third-order valence-corrected chi connectivity index (χ3v) is 2.18. The maximum Gasteiger partial charge on any atom is 0.195 e. The smallest absolute Gasteiger partial charge is 0.195 e. The summed E-state index contributed by atoms with van der Waals surface area (Å²) >= 11 is 3.27. The molecule has 3 nitrogen and oxygen atoms in total. The minimum Gasteiger partial charge on any atom is -0.490 e. The SMILES string of the molecule is COc1c(Br)ncc2ccoc12. The van der Waals surface area contributed by atoms with Gasteiger partial charge >= 0.3 is 0 Å². The van der Waals surface area contributed by atoms with Crippen LogP contribution in [0, 0.1) is 0 Å². The lowest BCUT2D eigenvalue weighted by Crippen LogP contribution is -1.86. The van der Waals surface area contributed by atoms with Gasteiger partial charge in [-0.2, -0.15) is 0 Å². The van der Waals surface area contributed by atoms with Crippen molar-refractivity contribution >= 4 is 26.9 Å². The lowest BCUT2D eigenvalue weighted by Gasteiger charge is -2.01. The zero-order valence-electron chi connectivity index (χ0n) is 6.37. The van der Waals surface area contributed by atoms with E-state index in [2.05, 4.69) is 20.9 Å². The zero-order valence-corrected chi connectivity index (χ0v) is 7.96. The highest BCUT2D eigenvalue weighted by Gasteiger charge is 2.09. The van der Waals surface area contributed by atoms with E-state index < -0.39 is 0 Å². The van der Waals surface area contributed by atoms with E-state index in [0.29, 0.717) is 10.4 Å². The van der Waals surface area contributed by atoms with E-state index in [9.17, 15) is 0 Å². The van der Waals surface area contributed by atoms with Crippen LogP contribution in [0.1, 0.15) is 0 Å². The average molecular weight is 228 g/mol. The fourth-order valence-corrected chi connectivity index (χ4v) is 1.51. The highest BCUT2D eigenvalue weighted by atomic mass is 79.9. The van der Waals surface area contributed by atoms with Crippen LogP contribution in [0.4, 0.5) is 0 Å². The molecule has 2 aromatic rings. The van der Waals surface area contributed by atoms with Crippen LogP contribution in [0.3, 0.4) is 0 Å². The van der Waals surface area contributed by atoms with Gasteiger partial charge in [-0.15, -0.1) is 0 Å². The largest absolute Gasteiger partial charge is 0.490 e. The van der Waals surface area contributed by atoms with Gasteiger partial charge in [0, 0.05) is 11.6 Å². The number of fused-ring (bicyclic) bond motifs is 1. The third-order valence-electron chi connectivity index (χ3n) is 1.61. The Morgan fingerprint density at radius 2 is 2.42 bits per heavy atom. The van der Waals surface area contributed by atoms with Crippen molar-refractivity contribution < 1.29 is 9.15 Å². The topological polar surface area (TPSA) is 35.3 Å². The molecule has 4 heteroatoms. The number of aromatic nitrogens is 1. The predicted molar refractivity (Wildman–Crippen MR) is 48.3 cm³/mol. The van der Waals surface area contributed by atoms with Crippen molar-refractivity contribution in [3.63, 3.8) is 0 Å². The van der Waals surface area contributed by atoms with Gasteiger partial charge in [0.15, 0.2) is 15.9 Å². The molecule has 0 aromatic carbocycles. The van der Waals surface area contributed by atoms with E-state index >= 15 is 0 Å². The van der Waals surface area contributed by atoms with Crippen LogP contribution in [-0.4, -0.2) is 12.1 Å². The Hall–Kier alpha value is -1.03. The molecule has 0 radical (unpaired) electrons. The number of pyridine rings is 1. The summed E-state index contributed by atoms with van der Waals surface area (Å²) in [5.74, 6) is 0.637. The number of rotatable bonds is 1. The summed E-state index contributed by atoms with van der Waals surface area (Å²) in [6, 6.07) is 1.84. The number of hydrogen-bond acceptors (Lipinski definition) is 3. The maximum atomic E-state index is 5.23. The van der Waals surface area contributed by atoms with Crippen LogP contribution in [-0.2, 0) is 0 Å². The van der Waals surface area contributed by atoms with Crippen LogP contribution < -0.4 is 4.74 Å². The first-order chi connectivity index (χ1) is 5.83. The summed E-state index contributed by atoms with van der Waals surface area (Å²) in [6.45, 7) is 0. The summed E-state index contributed by atoms with van der Waals surface area (Å²) in [4.78, 5) is 4.08. The molecule has 0 atom stereocenters. The molecular weight excluding hydrogens is 222 g/mol. The molecule has 2 aromatic heterocycles. The van der Waals surface area contributed by atoms with Crippen molar-refractivity contribution in [1.82, 2.24) is 4.98 Å². The summed E-state index contributed by atoms with van der Waals surface area (Å²) in [7, 11) is 1.59. The molecule has 0 aliphatic rings. The summed E-state index contributed by atoms with van der Waals surface area (Å²) in [6.07, 6.45) is 3.34. The van der Waals surface area contributed by atoms with E-state index in [1.165, 1.54) is 0 Å². The molecule has 0 N–H and O–H groups in total.